The molecule has 9 heteroatoms. The lowest BCUT2D eigenvalue weighted by atomic mass is 10.4. The van der Waals surface area contributed by atoms with Crippen LogP contribution >= 0.6 is 0 Å². The van der Waals surface area contributed by atoms with Crippen LogP contribution in [0.5, 0.6) is 0 Å². The molecule has 0 radical (unpaired) electrons. The highest BCUT2D eigenvalue weighted by atomic mass is 32.2. The highest BCUT2D eigenvalue weighted by molar-refractivity contribution is 7.90. The van der Waals surface area contributed by atoms with Gasteiger partial charge in [0, 0.05) is 6.54 Å². The smallest absolute Gasteiger partial charge is 0.240 e. The van der Waals surface area contributed by atoms with Gasteiger partial charge in [0.25, 0.3) is 0 Å². The van der Waals surface area contributed by atoms with E-state index >= 15 is 0 Å². The fraction of sp³-hybridized carbons (Fsp3) is 0.250. The lowest BCUT2D eigenvalue weighted by molar-refractivity contribution is 0.301. The van der Waals surface area contributed by atoms with Crippen molar-refractivity contribution in [3.8, 4) is 0 Å². The number of hydrogen-bond acceptors (Lipinski definition) is 5. The molecule has 0 amide bonds. The fourth-order valence-corrected chi connectivity index (χ4v) is 2.78. The first-order chi connectivity index (χ1) is 7.77. The minimum absolute atomic E-state index is 0.151. The summed E-state index contributed by atoms with van der Waals surface area (Å²) in [4.78, 5) is -0.512. The quantitative estimate of drug-likeness (QED) is 0.611. The Morgan fingerprint density at radius 2 is 1.76 bits per heavy atom. The SMILES string of the molecule is NS(=O)(=O)c1cccc(S(=O)(=O)NCCO)c1. The average molecular weight is 280 g/mol. The van der Waals surface area contributed by atoms with E-state index in [2.05, 4.69) is 4.72 Å². The minimum Gasteiger partial charge on any atom is -0.395 e. The molecule has 17 heavy (non-hydrogen) atoms. The van der Waals surface area contributed by atoms with Crippen LogP contribution in [-0.2, 0) is 20.0 Å². The molecule has 0 heterocycles. The van der Waals surface area contributed by atoms with Crippen LogP contribution in [0.3, 0.4) is 0 Å². The largest absolute Gasteiger partial charge is 0.395 e. The van der Waals surface area contributed by atoms with Crippen LogP contribution in [0, 0.1) is 0 Å². The first kappa shape index (κ1) is 14.1. The van der Waals surface area contributed by atoms with E-state index in [1.807, 2.05) is 0 Å². The summed E-state index contributed by atoms with van der Waals surface area (Å²) >= 11 is 0. The molecule has 4 N–H and O–H groups in total. The third kappa shape index (κ3) is 3.75. The number of rotatable bonds is 5. The first-order valence-corrected chi connectivity index (χ1v) is 7.54. The lowest BCUT2D eigenvalue weighted by Gasteiger charge is -2.06. The summed E-state index contributed by atoms with van der Waals surface area (Å²) < 4.78 is 47.4. The van der Waals surface area contributed by atoms with Crippen molar-refractivity contribution in [1.29, 1.82) is 0 Å². The van der Waals surface area contributed by atoms with Gasteiger partial charge in [0.1, 0.15) is 0 Å². The van der Waals surface area contributed by atoms with Gasteiger partial charge in [-0.05, 0) is 18.2 Å². The number of sulfonamides is 2. The summed E-state index contributed by atoms with van der Waals surface area (Å²) in [5.74, 6) is 0. The molecule has 0 fully saturated rings. The Balaban J connectivity index is 3.17. The standard InChI is InChI=1S/C8H12N2O5S2/c9-16(12,13)7-2-1-3-8(6-7)17(14,15)10-4-5-11/h1-3,6,10-11H,4-5H2,(H2,9,12,13). The molecule has 0 atom stereocenters. The van der Waals surface area contributed by atoms with Crippen molar-refractivity contribution >= 4 is 20.0 Å². The Morgan fingerprint density at radius 1 is 1.18 bits per heavy atom. The molecule has 1 aromatic rings. The highest BCUT2D eigenvalue weighted by Gasteiger charge is 2.16. The van der Waals surface area contributed by atoms with Gasteiger partial charge in [-0.2, -0.15) is 0 Å². The molecule has 0 saturated heterocycles. The van der Waals surface area contributed by atoms with Crippen molar-refractivity contribution in [1.82, 2.24) is 4.72 Å². The number of primary sulfonamides is 1. The topological polar surface area (TPSA) is 127 Å². The second kappa shape index (κ2) is 5.10. The van der Waals surface area contributed by atoms with Gasteiger partial charge in [0.15, 0.2) is 0 Å². The van der Waals surface area contributed by atoms with E-state index in [1.165, 1.54) is 18.2 Å². The van der Waals surface area contributed by atoms with E-state index in [1.54, 1.807) is 0 Å². The number of aliphatic hydroxyl groups excluding tert-OH is 1. The molecular formula is C8H12N2O5S2. The Labute approximate surface area is 99.4 Å². The summed E-state index contributed by atoms with van der Waals surface area (Å²) in [7, 11) is -7.78. The lowest BCUT2D eigenvalue weighted by Crippen LogP contribution is -2.27. The van der Waals surface area contributed by atoms with E-state index < -0.39 is 20.0 Å². The van der Waals surface area contributed by atoms with Crippen LogP contribution in [0.2, 0.25) is 0 Å². The molecule has 0 aliphatic heterocycles. The molecule has 1 rings (SSSR count). The fourth-order valence-electron chi connectivity index (χ4n) is 1.08. The highest BCUT2D eigenvalue weighted by Crippen LogP contribution is 2.14. The third-order valence-corrected chi connectivity index (χ3v) is 4.22. The van der Waals surface area contributed by atoms with E-state index in [4.69, 9.17) is 10.2 Å². The average Bonchev–Trinajstić information content (AvgIpc) is 2.25. The van der Waals surface area contributed by atoms with Crippen molar-refractivity contribution in [2.45, 2.75) is 9.79 Å². The van der Waals surface area contributed by atoms with Crippen LogP contribution in [0.15, 0.2) is 34.1 Å². The normalized spacial score (nSPS) is 12.6. The van der Waals surface area contributed by atoms with Crippen LogP contribution in [-0.4, -0.2) is 35.1 Å². The molecule has 0 saturated carbocycles. The summed E-state index contributed by atoms with van der Waals surface area (Å²) in [6.07, 6.45) is 0. The number of nitrogens with one attached hydrogen (secondary N) is 1. The Hall–Kier alpha value is -1.00. The Morgan fingerprint density at radius 3 is 2.29 bits per heavy atom. The maximum absolute atomic E-state index is 11.6. The van der Waals surface area contributed by atoms with E-state index in [0.717, 1.165) is 6.07 Å². The molecule has 0 aliphatic carbocycles. The van der Waals surface area contributed by atoms with Crippen LogP contribution in [0.4, 0.5) is 0 Å². The molecule has 1 aromatic carbocycles. The molecule has 0 unspecified atom stereocenters. The molecular weight excluding hydrogens is 268 g/mol. The van der Waals surface area contributed by atoms with Gasteiger partial charge in [0.05, 0.1) is 16.4 Å². The van der Waals surface area contributed by atoms with E-state index in [0.29, 0.717) is 0 Å². The van der Waals surface area contributed by atoms with Crippen molar-refractivity contribution < 1.29 is 21.9 Å². The van der Waals surface area contributed by atoms with Gasteiger partial charge in [-0.3, -0.25) is 0 Å². The zero-order valence-electron chi connectivity index (χ0n) is 8.70. The summed E-state index contributed by atoms with van der Waals surface area (Å²) in [6.45, 7) is -0.504. The van der Waals surface area contributed by atoms with Crippen molar-refractivity contribution in [3.05, 3.63) is 24.3 Å². The monoisotopic (exact) mass is 280 g/mol. The maximum Gasteiger partial charge on any atom is 0.240 e. The van der Waals surface area contributed by atoms with Gasteiger partial charge in [-0.25, -0.2) is 26.7 Å². The van der Waals surface area contributed by atoms with Gasteiger partial charge >= 0.3 is 0 Å². The summed E-state index contributed by atoms with van der Waals surface area (Å²) in [5, 5.41) is 13.4. The van der Waals surface area contributed by atoms with Crippen molar-refractivity contribution in [2.75, 3.05) is 13.2 Å². The van der Waals surface area contributed by atoms with E-state index in [9.17, 15) is 16.8 Å². The third-order valence-electron chi connectivity index (χ3n) is 1.85. The molecule has 96 valence electrons. The molecule has 7 nitrogen and oxygen atoms in total. The predicted molar refractivity (Wildman–Crippen MR) is 60.1 cm³/mol. The summed E-state index contributed by atoms with van der Waals surface area (Å²) in [5.41, 5.74) is 0. The number of nitrogens with two attached hydrogens (primary N) is 1. The Kier molecular flexibility index (Phi) is 4.22. The van der Waals surface area contributed by atoms with Crippen LogP contribution in [0.25, 0.3) is 0 Å². The van der Waals surface area contributed by atoms with Crippen molar-refractivity contribution in [3.63, 3.8) is 0 Å². The minimum atomic E-state index is -3.95. The second-order valence-corrected chi connectivity index (χ2v) is 6.47. The molecule has 0 bridgehead atoms. The van der Waals surface area contributed by atoms with Gasteiger partial charge < -0.3 is 5.11 Å². The second-order valence-electron chi connectivity index (χ2n) is 3.14. The van der Waals surface area contributed by atoms with Crippen LogP contribution < -0.4 is 9.86 Å². The number of aliphatic hydroxyl groups is 1. The molecule has 0 spiro atoms. The zero-order chi connectivity index (χ0) is 13.1. The molecule has 0 aliphatic rings. The van der Waals surface area contributed by atoms with E-state index in [-0.39, 0.29) is 22.9 Å². The number of benzene rings is 1. The predicted octanol–water partition coefficient (Wildman–Crippen LogP) is -1.40. The molecule has 0 aromatic heterocycles. The van der Waals surface area contributed by atoms with Crippen molar-refractivity contribution in [2.24, 2.45) is 5.14 Å². The zero-order valence-corrected chi connectivity index (χ0v) is 10.3. The van der Waals surface area contributed by atoms with Gasteiger partial charge in [-0.15, -0.1) is 0 Å². The van der Waals surface area contributed by atoms with Gasteiger partial charge in [0.2, 0.25) is 20.0 Å². The van der Waals surface area contributed by atoms with Gasteiger partial charge in [-0.1, -0.05) is 6.07 Å². The van der Waals surface area contributed by atoms with Crippen LogP contribution in [0.1, 0.15) is 0 Å². The first-order valence-electron chi connectivity index (χ1n) is 4.51. The number of hydrogen-bond donors (Lipinski definition) is 3. The Bertz CT molecular complexity index is 594. The summed E-state index contributed by atoms with van der Waals surface area (Å²) in [6, 6.07) is 4.65. The maximum atomic E-state index is 11.6.